The summed E-state index contributed by atoms with van der Waals surface area (Å²) in [5.74, 6) is -0.821. The van der Waals surface area contributed by atoms with Crippen LogP contribution in [0.5, 0.6) is 0 Å². The molecule has 12 bridgehead atoms. The lowest BCUT2D eigenvalue weighted by molar-refractivity contribution is -0.292. The van der Waals surface area contributed by atoms with Gasteiger partial charge in [-0.05, 0) is 82.8 Å². The second-order valence-electron chi connectivity index (χ2n) is 20.1. The number of hydrogen-bond acceptors (Lipinski definition) is 13. The van der Waals surface area contributed by atoms with Crippen LogP contribution >= 0.6 is 0 Å². The molecule has 10 saturated heterocycles. The number of ether oxygens (including phenoxy) is 10. The van der Waals surface area contributed by atoms with Crippen LogP contribution in [0.3, 0.4) is 0 Å². The highest BCUT2D eigenvalue weighted by Gasteiger charge is 2.68. The molecule has 59 heavy (non-hydrogen) atoms. The number of aliphatic hydroxyl groups excluding tert-OH is 1. The molecule has 330 valence electrons. The lowest BCUT2D eigenvalue weighted by Gasteiger charge is -2.47. The Balaban J connectivity index is 0.955. The molecule has 0 aromatic rings. The molecule has 14 heteroatoms. The molecule has 10 fully saturated rings. The summed E-state index contributed by atoms with van der Waals surface area (Å²) in [5.41, 5.74) is 1.48. The maximum absolute atomic E-state index is 14.2. The number of hydrogen-bond donors (Lipinski definition) is 2. The Kier molecular flexibility index (Phi) is 11.9. The normalized spacial score (nSPS) is 47.7. The summed E-state index contributed by atoms with van der Waals surface area (Å²) in [5, 5.41) is 13.8. The van der Waals surface area contributed by atoms with Gasteiger partial charge in [-0.2, -0.15) is 0 Å². The summed E-state index contributed by atoms with van der Waals surface area (Å²) in [4.78, 5) is 26.6. The molecule has 14 nitrogen and oxygen atoms in total. The summed E-state index contributed by atoms with van der Waals surface area (Å²) in [7, 11) is 1.63. The van der Waals surface area contributed by atoms with Crippen LogP contribution in [0.1, 0.15) is 111 Å². The van der Waals surface area contributed by atoms with E-state index in [1.807, 2.05) is 0 Å². The predicted molar refractivity (Wildman–Crippen MR) is 211 cm³/mol. The molecule has 10 aliphatic rings. The monoisotopic (exact) mass is 829 g/mol. The van der Waals surface area contributed by atoms with E-state index >= 15 is 0 Å². The Labute approximate surface area is 348 Å². The molecule has 0 radical (unpaired) electrons. The van der Waals surface area contributed by atoms with Crippen molar-refractivity contribution in [3.63, 3.8) is 0 Å². The van der Waals surface area contributed by atoms with E-state index in [2.05, 4.69) is 25.4 Å². The Bertz CT molecular complexity index is 1600. The minimum Gasteiger partial charge on any atom is -0.444 e. The SMILES string of the molecule is C=C1C[C@@H]2CC[C@@]34C[C@H]5O[C@H]6[C@@H](O3)[C@H]3O[C@H](CC[C@@H]3O[C@H]6[C@H]5O4)CC(=O)C[C@@H]3[C@@H](OC)[C@@H](C[C@H](O)CNC(=O)OC(C)(C)C)O[C@H]3C[C@H]3O[C@@H](CC[C@@H]1O2)C[C@@H](C)C3=C. The van der Waals surface area contributed by atoms with E-state index in [0.29, 0.717) is 25.7 Å². The first-order valence-corrected chi connectivity index (χ1v) is 22.5. The van der Waals surface area contributed by atoms with Crippen LogP contribution in [0, 0.1) is 11.8 Å². The molecule has 10 rings (SSSR count). The maximum Gasteiger partial charge on any atom is 0.407 e. The minimum atomic E-state index is -0.935. The van der Waals surface area contributed by atoms with Crippen molar-refractivity contribution in [2.24, 2.45) is 11.8 Å². The third-order valence-electron chi connectivity index (χ3n) is 14.6. The van der Waals surface area contributed by atoms with Gasteiger partial charge in [0.05, 0.1) is 67.1 Å². The molecule has 0 saturated carbocycles. The lowest BCUT2D eigenvalue weighted by Crippen LogP contribution is -2.61. The highest BCUT2D eigenvalue weighted by atomic mass is 16.8. The van der Waals surface area contributed by atoms with Gasteiger partial charge in [-0.15, -0.1) is 0 Å². The topological polar surface area (TPSA) is 159 Å². The number of nitrogens with one attached hydrogen (secondary N) is 1. The molecule has 0 unspecified atom stereocenters. The number of amides is 1. The average Bonchev–Trinajstić information content (AvgIpc) is 3.85. The number of aliphatic hydroxyl groups is 1. The summed E-state index contributed by atoms with van der Waals surface area (Å²) in [6.45, 7) is 16.5. The van der Waals surface area contributed by atoms with Gasteiger partial charge < -0.3 is 57.8 Å². The Morgan fingerprint density at radius 3 is 2.36 bits per heavy atom. The van der Waals surface area contributed by atoms with Crippen molar-refractivity contribution >= 4 is 11.9 Å². The van der Waals surface area contributed by atoms with Gasteiger partial charge in [0.15, 0.2) is 5.79 Å². The highest BCUT2D eigenvalue weighted by molar-refractivity contribution is 5.79. The van der Waals surface area contributed by atoms with E-state index < -0.39 is 41.9 Å². The predicted octanol–water partition coefficient (Wildman–Crippen LogP) is 5.00. The van der Waals surface area contributed by atoms with Crippen LogP contribution in [-0.4, -0.2) is 140 Å². The van der Waals surface area contributed by atoms with Gasteiger partial charge in [-0.1, -0.05) is 20.1 Å². The van der Waals surface area contributed by atoms with Crippen molar-refractivity contribution in [2.45, 2.75) is 220 Å². The van der Waals surface area contributed by atoms with Crippen LogP contribution in [0.2, 0.25) is 0 Å². The van der Waals surface area contributed by atoms with Crippen molar-refractivity contribution in [1.82, 2.24) is 5.32 Å². The second-order valence-corrected chi connectivity index (χ2v) is 20.1. The third kappa shape index (κ3) is 8.71. The Hall–Kier alpha value is -1.98. The Morgan fingerprint density at radius 1 is 0.831 bits per heavy atom. The van der Waals surface area contributed by atoms with E-state index in [4.69, 9.17) is 47.4 Å². The van der Waals surface area contributed by atoms with Gasteiger partial charge >= 0.3 is 6.09 Å². The molecule has 0 aromatic carbocycles. The first-order valence-electron chi connectivity index (χ1n) is 22.5. The molecule has 10 aliphatic heterocycles. The van der Waals surface area contributed by atoms with Crippen LogP contribution in [-0.2, 0) is 52.2 Å². The second kappa shape index (κ2) is 16.6. The summed E-state index contributed by atoms with van der Waals surface area (Å²) in [6, 6.07) is 0. The van der Waals surface area contributed by atoms with E-state index in [9.17, 15) is 14.7 Å². The standard InChI is InChI=1S/C45H67NO13/c1-22-14-27-8-10-31-23(2)15-29(51-31)12-13-45-20-36-39(57-45)40-41(56-36)42(58-45)38-32(55-40)11-9-28(53-38)16-25(47)17-30-34(19-33(52-27)24(22)3)54-35(37(30)50-7)18-26(48)21-46-43(49)59-44(4,5)6/h22,26-42,48H,2-3,8-21H2,1,4-7H3,(H,46,49)/t22-,26+,27+,28-,29+,30+,31+,32+,33-,34+,35-,36-,37-,38+,39+,40+,41-,42+,45+/m1/s1. The molecule has 2 N–H and O–H groups in total. The van der Waals surface area contributed by atoms with Gasteiger partial charge in [-0.25, -0.2) is 4.79 Å². The van der Waals surface area contributed by atoms with Crippen molar-refractivity contribution in [2.75, 3.05) is 13.7 Å². The lowest BCUT2D eigenvalue weighted by atomic mass is 9.81. The number of ketones is 1. The molecule has 0 aliphatic carbocycles. The van der Waals surface area contributed by atoms with E-state index in [-0.39, 0.29) is 117 Å². The molecule has 1 amide bonds. The zero-order valence-corrected chi connectivity index (χ0v) is 35.6. The number of alkyl carbamates (subject to hydrolysis) is 1. The molecular formula is C45H67NO13. The fourth-order valence-electron chi connectivity index (χ4n) is 11.8. The first-order chi connectivity index (χ1) is 28.1. The van der Waals surface area contributed by atoms with Crippen LogP contribution < -0.4 is 5.32 Å². The molecule has 1 spiro atoms. The molecule has 19 atom stereocenters. The number of Topliss-reactive ketones (excluding diaryl/α,β-unsaturated/α-hetero) is 1. The number of methoxy groups -OCH3 is 1. The first kappa shape index (κ1) is 42.3. The van der Waals surface area contributed by atoms with Gasteiger partial charge in [0.2, 0.25) is 0 Å². The van der Waals surface area contributed by atoms with Crippen molar-refractivity contribution in [1.29, 1.82) is 0 Å². The van der Waals surface area contributed by atoms with Crippen LogP contribution in [0.15, 0.2) is 24.3 Å². The fraction of sp³-hybridized carbons (Fsp3) is 0.867. The van der Waals surface area contributed by atoms with Crippen LogP contribution in [0.25, 0.3) is 0 Å². The third-order valence-corrected chi connectivity index (χ3v) is 14.6. The number of fused-ring (bicyclic) bond motifs is 6. The summed E-state index contributed by atoms with van der Waals surface area (Å²) < 4.78 is 65.7. The van der Waals surface area contributed by atoms with Crippen molar-refractivity contribution in [3.05, 3.63) is 24.3 Å². The zero-order valence-electron chi connectivity index (χ0n) is 35.6. The average molecular weight is 830 g/mol. The minimum absolute atomic E-state index is 0.000416. The summed E-state index contributed by atoms with van der Waals surface area (Å²) >= 11 is 0. The van der Waals surface area contributed by atoms with Crippen LogP contribution in [0.4, 0.5) is 4.79 Å². The zero-order chi connectivity index (χ0) is 41.4. The number of rotatable bonds is 5. The summed E-state index contributed by atoms with van der Waals surface area (Å²) in [6.07, 6.45) is 2.78. The van der Waals surface area contributed by atoms with E-state index in [0.717, 1.165) is 49.7 Å². The molecule has 0 aromatic heterocycles. The van der Waals surface area contributed by atoms with Gasteiger partial charge in [0.25, 0.3) is 0 Å². The smallest absolute Gasteiger partial charge is 0.407 e. The van der Waals surface area contributed by atoms with Crippen molar-refractivity contribution < 1.29 is 62.1 Å². The van der Waals surface area contributed by atoms with Gasteiger partial charge in [0, 0.05) is 58.1 Å². The van der Waals surface area contributed by atoms with Gasteiger partial charge in [-0.3, -0.25) is 4.79 Å². The Morgan fingerprint density at radius 2 is 1.56 bits per heavy atom. The molecule has 10 heterocycles. The molecular weight excluding hydrogens is 762 g/mol. The number of carbonyl (C=O) groups excluding carboxylic acids is 2. The van der Waals surface area contributed by atoms with Crippen molar-refractivity contribution in [3.8, 4) is 0 Å². The number of carbonyl (C=O) groups is 2. The maximum atomic E-state index is 14.2. The largest absolute Gasteiger partial charge is 0.444 e. The highest BCUT2D eigenvalue weighted by Crippen LogP contribution is 2.54. The van der Waals surface area contributed by atoms with E-state index in [1.165, 1.54) is 0 Å². The van der Waals surface area contributed by atoms with Gasteiger partial charge in [0.1, 0.15) is 41.9 Å². The quantitative estimate of drug-likeness (QED) is 0.357. The van der Waals surface area contributed by atoms with E-state index in [1.54, 1.807) is 27.9 Å². The fourth-order valence-corrected chi connectivity index (χ4v) is 11.8.